The molecule has 20 heavy (non-hydrogen) atoms. The third kappa shape index (κ3) is 2.54. The highest BCUT2D eigenvalue weighted by Gasteiger charge is 2.29. The zero-order valence-electron chi connectivity index (χ0n) is 12.4. The van der Waals surface area contributed by atoms with Crippen LogP contribution in [0, 0.1) is 13.8 Å². The minimum Gasteiger partial charge on any atom is -0.349 e. The van der Waals surface area contributed by atoms with Crippen LogP contribution in [0.5, 0.6) is 0 Å². The lowest BCUT2D eigenvalue weighted by Crippen LogP contribution is -2.58. The number of anilines is 1. The number of aryl methyl sites for hydroxylation is 1. The van der Waals surface area contributed by atoms with Gasteiger partial charge in [0.15, 0.2) is 5.11 Å². The number of benzene rings is 1. The largest absolute Gasteiger partial charge is 0.349 e. The summed E-state index contributed by atoms with van der Waals surface area (Å²) in [4.78, 5) is 4.78. The van der Waals surface area contributed by atoms with Crippen molar-refractivity contribution in [2.75, 3.05) is 18.2 Å². The lowest BCUT2D eigenvalue weighted by atomic mass is 10.1. The highest BCUT2D eigenvalue weighted by atomic mass is 32.1. The molecule has 1 N–H and O–H groups in total. The molecule has 0 atom stereocenters. The SMILES string of the molecule is Cc1cccc(N2CN(C3CCCC3)CNC2=S)c1C. The van der Waals surface area contributed by atoms with Crippen molar-refractivity contribution in [1.29, 1.82) is 0 Å². The second-order valence-electron chi connectivity index (χ2n) is 5.96. The van der Waals surface area contributed by atoms with Crippen LogP contribution >= 0.6 is 12.2 Å². The van der Waals surface area contributed by atoms with Gasteiger partial charge in [-0.25, -0.2) is 0 Å². The minimum absolute atomic E-state index is 0.721. The van der Waals surface area contributed by atoms with Crippen molar-refractivity contribution in [3.63, 3.8) is 0 Å². The van der Waals surface area contributed by atoms with Crippen LogP contribution in [-0.4, -0.2) is 29.4 Å². The lowest BCUT2D eigenvalue weighted by molar-refractivity contribution is 0.188. The monoisotopic (exact) mass is 289 g/mol. The third-order valence-corrected chi connectivity index (χ3v) is 5.07. The van der Waals surface area contributed by atoms with Crippen LogP contribution in [0.4, 0.5) is 5.69 Å². The molecule has 0 radical (unpaired) electrons. The van der Waals surface area contributed by atoms with E-state index in [0.717, 1.165) is 24.5 Å². The van der Waals surface area contributed by atoms with E-state index in [9.17, 15) is 0 Å². The third-order valence-electron chi connectivity index (χ3n) is 4.71. The summed E-state index contributed by atoms with van der Waals surface area (Å²) in [5.41, 5.74) is 3.89. The highest BCUT2D eigenvalue weighted by Crippen LogP contribution is 2.28. The summed E-state index contributed by atoms with van der Waals surface area (Å²) >= 11 is 5.53. The molecule has 1 aliphatic carbocycles. The van der Waals surface area contributed by atoms with Gasteiger partial charge < -0.3 is 10.2 Å². The van der Waals surface area contributed by atoms with Crippen molar-refractivity contribution >= 4 is 23.0 Å². The maximum Gasteiger partial charge on any atom is 0.175 e. The molecule has 1 aromatic rings. The molecule has 1 saturated heterocycles. The first kappa shape index (κ1) is 13.8. The summed E-state index contributed by atoms with van der Waals surface area (Å²) in [6.45, 7) is 6.15. The van der Waals surface area contributed by atoms with Crippen molar-refractivity contribution in [3.8, 4) is 0 Å². The number of nitrogens with zero attached hydrogens (tertiary/aromatic N) is 2. The topological polar surface area (TPSA) is 18.5 Å². The van der Waals surface area contributed by atoms with Crippen LogP contribution in [0.15, 0.2) is 18.2 Å². The molecule has 108 valence electrons. The molecular formula is C16H23N3S. The Morgan fingerprint density at radius 3 is 2.70 bits per heavy atom. The Kier molecular flexibility index (Phi) is 3.94. The normalized spacial score (nSPS) is 21.3. The molecule has 3 rings (SSSR count). The number of hydrogen-bond acceptors (Lipinski definition) is 2. The molecule has 1 aliphatic heterocycles. The van der Waals surface area contributed by atoms with Crippen LogP contribution in [-0.2, 0) is 0 Å². The van der Waals surface area contributed by atoms with Gasteiger partial charge in [-0.2, -0.15) is 0 Å². The van der Waals surface area contributed by atoms with Gasteiger partial charge >= 0.3 is 0 Å². The number of rotatable bonds is 2. The molecule has 1 saturated carbocycles. The van der Waals surface area contributed by atoms with Gasteiger partial charge in [-0.05, 0) is 56.1 Å². The summed E-state index contributed by atoms with van der Waals surface area (Å²) in [5, 5.41) is 4.24. The van der Waals surface area contributed by atoms with E-state index in [2.05, 4.69) is 47.2 Å². The molecule has 0 amide bonds. The summed E-state index contributed by atoms with van der Waals surface area (Å²) in [5.74, 6) is 0. The summed E-state index contributed by atoms with van der Waals surface area (Å²) in [6.07, 6.45) is 5.40. The molecule has 1 aromatic carbocycles. The summed E-state index contributed by atoms with van der Waals surface area (Å²) < 4.78 is 0. The van der Waals surface area contributed by atoms with E-state index in [1.165, 1.54) is 42.5 Å². The van der Waals surface area contributed by atoms with Crippen LogP contribution < -0.4 is 10.2 Å². The van der Waals surface area contributed by atoms with Gasteiger partial charge in [0.05, 0.1) is 13.3 Å². The van der Waals surface area contributed by atoms with E-state index in [4.69, 9.17) is 12.2 Å². The first-order valence-corrected chi connectivity index (χ1v) is 7.93. The van der Waals surface area contributed by atoms with Gasteiger partial charge in [-0.1, -0.05) is 25.0 Å². The van der Waals surface area contributed by atoms with Gasteiger partial charge in [-0.15, -0.1) is 0 Å². The first-order valence-electron chi connectivity index (χ1n) is 7.52. The zero-order chi connectivity index (χ0) is 14.1. The Hall–Kier alpha value is -1.13. The van der Waals surface area contributed by atoms with Crippen molar-refractivity contribution in [3.05, 3.63) is 29.3 Å². The van der Waals surface area contributed by atoms with Crippen LogP contribution in [0.2, 0.25) is 0 Å². The van der Waals surface area contributed by atoms with E-state index in [-0.39, 0.29) is 0 Å². The fourth-order valence-electron chi connectivity index (χ4n) is 3.29. The molecule has 2 aliphatic rings. The quantitative estimate of drug-likeness (QED) is 0.843. The summed E-state index contributed by atoms with van der Waals surface area (Å²) in [7, 11) is 0. The molecule has 1 heterocycles. The van der Waals surface area contributed by atoms with E-state index < -0.39 is 0 Å². The molecule has 0 aromatic heterocycles. The Balaban J connectivity index is 1.83. The van der Waals surface area contributed by atoms with Gasteiger partial charge in [0.25, 0.3) is 0 Å². The molecule has 3 nitrogen and oxygen atoms in total. The standard InChI is InChI=1S/C16H23N3S/c1-12-6-5-9-15(13(12)2)19-11-18(10-17-16(19)20)14-7-3-4-8-14/h5-6,9,14H,3-4,7-8,10-11H2,1-2H3,(H,17,20). The van der Waals surface area contributed by atoms with Crippen molar-refractivity contribution in [1.82, 2.24) is 10.2 Å². The summed E-state index contributed by atoms with van der Waals surface area (Å²) in [6, 6.07) is 7.18. The smallest absolute Gasteiger partial charge is 0.175 e. The molecule has 0 spiro atoms. The average Bonchev–Trinajstić information content (AvgIpc) is 2.97. The maximum atomic E-state index is 5.53. The van der Waals surface area contributed by atoms with Crippen LogP contribution in [0.25, 0.3) is 0 Å². The van der Waals surface area contributed by atoms with Gasteiger partial charge in [0.2, 0.25) is 0 Å². The Bertz CT molecular complexity index is 508. The second-order valence-corrected chi connectivity index (χ2v) is 6.34. The number of thiocarbonyl (C=S) groups is 1. The Morgan fingerprint density at radius 1 is 1.20 bits per heavy atom. The molecule has 2 fully saturated rings. The Labute approximate surface area is 126 Å². The van der Waals surface area contributed by atoms with E-state index in [1.807, 2.05) is 0 Å². The van der Waals surface area contributed by atoms with Crippen molar-refractivity contribution in [2.45, 2.75) is 45.6 Å². The van der Waals surface area contributed by atoms with Crippen LogP contribution in [0.1, 0.15) is 36.8 Å². The maximum absolute atomic E-state index is 5.53. The molecule has 4 heteroatoms. The second kappa shape index (κ2) is 5.70. The van der Waals surface area contributed by atoms with Gasteiger partial charge in [-0.3, -0.25) is 4.90 Å². The predicted octanol–water partition coefficient (Wildman–Crippen LogP) is 3.16. The van der Waals surface area contributed by atoms with Gasteiger partial charge in [0, 0.05) is 11.7 Å². The van der Waals surface area contributed by atoms with Crippen molar-refractivity contribution < 1.29 is 0 Å². The van der Waals surface area contributed by atoms with E-state index >= 15 is 0 Å². The van der Waals surface area contributed by atoms with E-state index in [1.54, 1.807) is 0 Å². The minimum atomic E-state index is 0.721. The fourth-order valence-corrected chi connectivity index (χ4v) is 3.51. The Morgan fingerprint density at radius 2 is 1.95 bits per heavy atom. The lowest BCUT2D eigenvalue weighted by Gasteiger charge is -2.41. The molecule has 0 bridgehead atoms. The fraction of sp³-hybridized carbons (Fsp3) is 0.562. The van der Waals surface area contributed by atoms with E-state index in [0.29, 0.717) is 0 Å². The average molecular weight is 289 g/mol. The predicted molar refractivity (Wildman–Crippen MR) is 88.0 cm³/mol. The zero-order valence-corrected chi connectivity index (χ0v) is 13.2. The van der Waals surface area contributed by atoms with Crippen LogP contribution in [0.3, 0.4) is 0 Å². The number of hydrogen-bond donors (Lipinski definition) is 1. The first-order chi connectivity index (χ1) is 9.66. The van der Waals surface area contributed by atoms with Crippen molar-refractivity contribution in [2.24, 2.45) is 0 Å². The number of nitrogens with one attached hydrogen (secondary N) is 1. The molecule has 0 unspecified atom stereocenters. The highest BCUT2D eigenvalue weighted by molar-refractivity contribution is 7.80. The molecular weight excluding hydrogens is 266 g/mol. The van der Waals surface area contributed by atoms with Gasteiger partial charge in [0.1, 0.15) is 0 Å².